The Morgan fingerprint density at radius 1 is 1.15 bits per heavy atom. The lowest BCUT2D eigenvalue weighted by molar-refractivity contribution is -0.124. The van der Waals surface area contributed by atoms with Crippen LogP contribution in [0.5, 0.6) is 0 Å². The van der Waals surface area contributed by atoms with Crippen LogP contribution in [0.2, 0.25) is 0 Å². The summed E-state index contributed by atoms with van der Waals surface area (Å²) in [5.74, 6) is 1.13. The topological polar surface area (TPSA) is 79.3 Å². The van der Waals surface area contributed by atoms with Crippen molar-refractivity contribution in [1.82, 2.24) is 25.1 Å². The minimum Gasteiger partial charge on any atom is -0.357 e. The van der Waals surface area contributed by atoms with Crippen molar-refractivity contribution in [2.75, 3.05) is 20.6 Å². The van der Waals surface area contributed by atoms with Crippen molar-refractivity contribution in [2.45, 2.75) is 86.4 Å². The van der Waals surface area contributed by atoms with Crippen LogP contribution in [-0.4, -0.2) is 52.9 Å². The molecule has 0 bridgehead atoms. The van der Waals surface area contributed by atoms with Crippen LogP contribution < -0.4 is 10.6 Å². The Labute approximate surface area is 199 Å². The molecule has 2 atom stereocenters. The molecule has 7 nitrogen and oxygen atoms in total. The molecular weight excluding hydrogens is 414 g/mol. The van der Waals surface area contributed by atoms with E-state index in [2.05, 4.69) is 54.0 Å². The van der Waals surface area contributed by atoms with E-state index in [1.54, 1.807) is 7.05 Å². The molecule has 2 aliphatic rings. The highest BCUT2D eigenvalue weighted by molar-refractivity contribution is 5.97. The number of allylic oxidation sites excluding steroid dienone is 2. The number of nitrogens with zero attached hydrogens (tertiary/aromatic N) is 3. The van der Waals surface area contributed by atoms with Gasteiger partial charge in [-0.05, 0) is 61.6 Å². The van der Waals surface area contributed by atoms with Gasteiger partial charge in [0.2, 0.25) is 5.91 Å². The molecule has 1 aromatic rings. The quantitative estimate of drug-likeness (QED) is 0.720. The van der Waals surface area contributed by atoms with Crippen molar-refractivity contribution in [3.63, 3.8) is 0 Å². The Kier molecular flexibility index (Phi) is 7.42. The van der Waals surface area contributed by atoms with Gasteiger partial charge in [0.1, 0.15) is 11.9 Å². The highest BCUT2D eigenvalue weighted by Gasteiger charge is 2.35. The number of fused-ring (bicyclic) bond motifs is 1. The summed E-state index contributed by atoms with van der Waals surface area (Å²) in [6.45, 7) is 15.3. The summed E-state index contributed by atoms with van der Waals surface area (Å²) < 4.78 is 2.26. The molecule has 0 aromatic carbocycles. The van der Waals surface area contributed by atoms with Crippen LogP contribution in [0.3, 0.4) is 0 Å². The first kappa shape index (κ1) is 25.5. The van der Waals surface area contributed by atoms with Crippen LogP contribution >= 0.6 is 0 Å². The number of rotatable bonds is 4. The van der Waals surface area contributed by atoms with Crippen LogP contribution in [0.1, 0.15) is 89.2 Å². The summed E-state index contributed by atoms with van der Waals surface area (Å²) in [6, 6.07) is -0.638. The Hall–Kier alpha value is -2.15. The molecule has 2 heterocycles. The largest absolute Gasteiger partial charge is 0.357 e. The van der Waals surface area contributed by atoms with Gasteiger partial charge in [0.25, 0.3) is 5.91 Å². The van der Waals surface area contributed by atoms with Crippen molar-refractivity contribution in [1.29, 1.82) is 0 Å². The van der Waals surface area contributed by atoms with Gasteiger partial charge in [-0.25, -0.2) is 4.98 Å². The number of nitrogens with one attached hydrogen (secondary N) is 2. The number of hydrogen-bond donors (Lipinski definition) is 2. The summed E-state index contributed by atoms with van der Waals surface area (Å²) in [7, 11) is 3.68. The lowest BCUT2D eigenvalue weighted by Crippen LogP contribution is -2.53. The van der Waals surface area contributed by atoms with E-state index in [1.165, 1.54) is 5.57 Å². The van der Waals surface area contributed by atoms with Gasteiger partial charge >= 0.3 is 0 Å². The summed E-state index contributed by atoms with van der Waals surface area (Å²) in [5.41, 5.74) is 2.53. The molecule has 1 aromatic heterocycles. The molecule has 7 heteroatoms. The maximum Gasteiger partial charge on any atom is 0.272 e. The SMILES string of the molecule is CNC(=O)[C@@H](NC(=O)c1nc(C2=CCC(C(C)(C)C)CC2)n2c1CN(C)CCC2)C(C)(C)C. The fourth-order valence-corrected chi connectivity index (χ4v) is 4.99. The van der Waals surface area contributed by atoms with Crippen molar-refractivity contribution in [3.05, 3.63) is 23.3 Å². The Bertz CT molecular complexity index is 916. The average Bonchev–Trinajstić information content (AvgIpc) is 2.96. The smallest absolute Gasteiger partial charge is 0.272 e. The van der Waals surface area contributed by atoms with Gasteiger partial charge in [0.15, 0.2) is 5.69 Å². The number of carbonyl (C=O) groups excluding carboxylic acids is 2. The van der Waals surface area contributed by atoms with E-state index in [0.29, 0.717) is 23.6 Å². The van der Waals surface area contributed by atoms with Crippen molar-refractivity contribution >= 4 is 17.4 Å². The maximum absolute atomic E-state index is 13.5. The normalized spacial score (nSPS) is 21.0. The minimum absolute atomic E-state index is 0.193. The van der Waals surface area contributed by atoms with Gasteiger partial charge in [-0.15, -0.1) is 0 Å². The second-order valence-electron chi connectivity index (χ2n) is 11.9. The van der Waals surface area contributed by atoms with Gasteiger partial charge in [-0.2, -0.15) is 0 Å². The zero-order valence-electron chi connectivity index (χ0n) is 21.8. The standard InChI is InChI=1S/C26H43N5O2/c1-25(2,3)18-12-10-17(11-13-18)22-28-20(19-16-30(8)14-9-15-31(19)22)23(32)29-21(24(33)27-7)26(4,5)6/h10,18,21H,9,11-16H2,1-8H3,(H,27,33)(H,29,32)/t18?,21-/m1/s1. The molecule has 0 fully saturated rings. The van der Waals surface area contributed by atoms with E-state index < -0.39 is 11.5 Å². The highest BCUT2D eigenvalue weighted by atomic mass is 16.2. The number of imidazole rings is 1. The van der Waals surface area contributed by atoms with Crippen LogP contribution in [0.4, 0.5) is 0 Å². The van der Waals surface area contributed by atoms with Gasteiger partial charge < -0.3 is 20.1 Å². The Morgan fingerprint density at radius 2 is 1.85 bits per heavy atom. The summed E-state index contributed by atoms with van der Waals surface area (Å²) in [5, 5.41) is 5.67. The van der Waals surface area contributed by atoms with Crippen LogP contribution in [0.25, 0.3) is 5.57 Å². The molecular formula is C26H43N5O2. The Balaban J connectivity index is 1.98. The first-order valence-electron chi connectivity index (χ1n) is 12.3. The molecule has 184 valence electrons. The zero-order chi connectivity index (χ0) is 24.6. The minimum atomic E-state index is -0.638. The molecule has 1 aliphatic carbocycles. The third-order valence-electron chi connectivity index (χ3n) is 7.20. The molecule has 2 N–H and O–H groups in total. The lowest BCUT2D eigenvalue weighted by Gasteiger charge is -2.33. The second kappa shape index (κ2) is 9.61. The first-order valence-corrected chi connectivity index (χ1v) is 12.3. The van der Waals surface area contributed by atoms with Gasteiger partial charge in [-0.1, -0.05) is 47.6 Å². The summed E-state index contributed by atoms with van der Waals surface area (Å²) in [6.07, 6.45) is 6.54. The molecule has 3 rings (SSSR count). The van der Waals surface area contributed by atoms with Crippen molar-refractivity contribution in [3.8, 4) is 0 Å². The van der Waals surface area contributed by atoms with E-state index in [1.807, 2.05) is 20.8 Å². The number of likely N-dealkylation sites (N-methyl/N-ethyl adjacent to an activating group) is 1. The van der Waals surface area contributed by atoms with E-state index in [-0.39, 0.29) is 11.8 Å². The maximum atomic E-state index is 13.5. The second-order valence-corrected chi connectivity index (χ2v) is 11.9. The average molecular weight is 458 g/mol. The van der Waals surface area contributed by atoms with Crippen LogP contribution in [0.15, 0.2) is 6.08 Å². The molecule has 2 amide bonds. The van der Waals surface area contributed by atoms with E-state index in [0.717, 1.165) is 50.3 Å². The van der Waals surface area contributed by atoms with E-state index in [9.17, 15) is 9.59 Å². The van der Waals surface area contributed by atoms with Crippen molar-refractivity contribution in [2.24, 2.45) is 16.7 Å². The third kappa shape index (κ3) is 5.68. The summed E-state index contributed by atoms with van der Waals surface area (Å²) >= 11 is 0. The number of aromatic nitrogens is 2. The van der Waals surface area contributed by atoms with E-state index >= 15 is 0 Å². The zero-order valence-corrected chi connectivity index (χ0v) is 21.8. The molecule has 33 heavy (non-hydrogen) atoms. The molecule has 0 saturated carbocycles. The van der Waals surface area contributed by atoms with Crippen molar-refractivity contribution < 1.29 is 9.59 Å². The van der Waals surface area contributed by atoms with Crippen LogP contribution in [-0.2, 0) is 17.9 Å². The highest BCUT2D eigenvalue weighted by Crippen LogP contribution is 2.40. The van der Waals surface area contributed by atoms with Gasteiger partial charge in [0.05, 0.1) is 5.69 Å². The first-order chi connectivity index (χ1) is 15.3. The molecule has 0 radical (unpaired) electrons. The van der Waals surface area contributed by atoms with Gasteiger partial charge in [-0.3, -0.25) is 9.59 Å². The Morgan fingerprint density at radius 3 is 2.39 bits per heavy atom. The number of carbonyl (C=O) groups is 2. The molecule has 1 aliphatic heterocycles. The molecule has 1 unspecified atom stereocenters. The molecule has 0 saturated heterocycles. The fourth-order valence-electron chi connectivity index (χ4n) is 4.99. The molecule has 0 spiro atoms. The predicted molar refractivity (Wildman–Crippen MR) is 133 cm³/mol. The lowest BCUT2D eigenvalue weighted by atomic mass is 9.73. The summed E-state index contributed by atoms with van der Waals surface area (Å²) in [4.78, 5) is 33.2. The predicted octanol–water partition coefficient (Wildman–Crippen LogP) is 3.84. The number of hydrogen-bond acceptors (Lipinski definition) is 4. The van der Waals surface area contributed by atoms with Crippen LogP contribution in [0, 0.1) is 16.7 Å². The third-order valence-corrected chi connectivity index (χ3v) is 7.20. The van der Waals surface area contributed by atoms with E-state index in [4.69, 9.17) is 4.98 Å². The number of amides is 2. The fraction of sp³-hybridized carbons (Fsp3) is 0.731. The van der Waals surface area contributed by atoms with Gasteiger partial charge in [0, 0.05) is 20.1 Å². The monoisotopic (exact) mass is 457 g/mol.